The van der Waals surface area contributed by atoms with Gasteiger partial charge in [0.1, 0.15) is 23.3 Å². The summed E-state index contributed by atoms with van der Waals surface area (Å²) in [6.45, 7) is 2.09. The number of carbonyl (C=O) groups is 1. The highest BCUT2D eigenvalue weighted by Crippen LogP contribution is 2.26. The van der Waals surface area contributed by atoms with E-state index in [1.54, 1.807) is 24.3 Å². The molecule has 0 bridgehead atoms. The molecule has 0 aliphatic carbocycles. The van der Waals surface area contributed by atoms with Gasteiger partial charge in [0.2, 0.25) is 0 Å². The van der Waals surface area contributed by atoms with Gasteiger partial charge in [0, 0.05) is 14.9 Å². The molecule has 2 rings (SSSR count). The molecule has 20 heavy (non-hydrogen) atoms. The minimum absolute atomic E-state index is 0.242. The Morgan fingerprint density at radius 2 is 2.25 bits per heavy atom. The average molecular weight is 352 g/mol. The lowest BCUT2D eigenvalue weighted by Crippen LogP contribution is -1.98. The number of halogens is 1. The van der Waals surface area contributed by atoms with Crippen LogP contribution in [0.15, 0.2) is 28.7 Å². The Bertz CT molecular complexity index is 703. The molecule has 102 valence electrons. The van der Waals surface area contributed by atoms with Crippen LogP contribution in [0.4, 0.5) is 0 Å². The summed E-state index contributed by atoms with van der Waals surface area (Å²) in [5, 5.41) is 18.0. The normalized spacial score (nSPS) is 10.1. The molecule has 6 heteroatoms. The lowest BCUT2D eigenvalue weighted by molar-refractivity contribution is 0.0702. The number of ether oxygens (including phenoxy) is 1. The Balaban J connectivity index is 2.17. The maximum atomic E-state index is 10.9. The monoisotopic (exact) mass is 351 g/mol. The standard InChI is InChI=1S/C14H10BrNO3S/c1-8-10(5-13(20-8)14(17)18)7-19-12-3-2-11(15)4-9(12)6-16/h2-5H,7H2,1H3,(H,17,18). The molecule has 0 unspecified atom stereocenters. The van der Waals surface area contributed by atoms with E-state index in [2.05, 4.69) is 22.0 Å². The van der Waals surface area contributed by atoms with Crippen LogP contribution in [0.3, 0.4) is 0 Å². The van der Waals surface area contributed by atoms with Gasteiger partial charge in [-0.1, -0.05) is 15.9 Å². The second kappa shape index (κ2) is 6.07. The van der Waals surface area contributed by atoms with E-state index in [0.29, 0.717) is 11.3 Å². The Kier molecular flexibility index (Phi) is 4.42. The molecule has 1 N–H and O–H groups in total. The van der Waals surface area contributed by atoms with Crippen molar-refractivity contribution in [2.75, 3.05) is 0 Å². The van der Waals surface area contributed by atoms with Gasteiger partial charge in [-0.3, -0.25) is 0 Å². The van der Waals surface area contributed by atoms with Crippen molar-refractivity contribution in [2.24, 2.45) is 0 Å². The van der Waals surface area contributed by atoms with Crippen LogP contribution in [0, 0.1) is 18.3 Å². The van der Waals surface area contributed by atoms with Crippen LogP contribution in [0.2, 0.25) is 0 Å². The van der Waals surface area contributed by atoms with E-state index in [4.69, 9.17) is 15.1 Å². The number of nitrogens with zero attached hydrogens (tertiary/aromatic N) is 1. The summed E-state index contributed by atoms with van der Waals surface area (Å²) < 4.78 is 6.42. The summed E-state index contributed by atoms with van der Waals surface area (Å²) >= 11 is 4.51. The Labute approximate surface area is 128 Å². The number of nitriles is 1. The first kappa shape index (κ1) is 14.6. The fourth-order valence-corrected chi connectivity index (χ4v) is 2.87. The summed E-state index contributed by atoms with van der Waals surface area (Å²) in [4.78, 5) is 12.1. The number of hydrogen-bond acceptors (Lipinski definition) is 4. The number of thiophene rings is 1. The fourth-order valence-electron chi connectivity index (χ4n) is 1.64. The minimum atomic E-state index is -0.939. The summed E-state index contributed by atoms with van der Waals surface area (Å²) in [5.41, 5.74) is 1.25. The molecule has 1 aromatic heterocycles. The predicted molar refractivity (Wildman–Crippen MR) is 79.2 cm³/mol. The maximum absolute atomic E-state index is 10.9. The van der Waals surface area contributed by atoms with Crippen molar-refractivity contribution in [1.82, 2.24) is 0 Å². The van der Waals surface area contributed by atoms with Crippen LogP contribution in [0.1, 0.15) is 25.7 Å². The van der Waals surface area contributed by atoms with Gasteiger partial charge >= 0.3 is 5.97 Å². The van der Waals surface area contributed by atoms with Gasteiger partial charge in [0.25, 0.3) is 0 Å². The highest BCUT2D eigenvalue weighted by molar-refractivity contribution is 9.10. The van der Waals surface area contributed by atoms with Crippen LogP contribution in [-0.2, 0) is 6.61 Å². The summed E-state index contributed by atoms with van der Waals surface area (Å²) in [7, 11) is 0. The van der Waals surface area contributed by atoms with Crippen molar-refractivity contribution in [3.05, 3.63) is 49.6 Å². The van der Waals surface area contributed by atoms with Crippen LogP contribution in [-0.4, -0.2) is 11.1 Å². The first-order chi connectivity index (χ1) is 9.51. The summed E-state index contributed by atoms with van der Waals surface area (Å²) in [6.07, 6.45) is 0. The molecule has 0 atom stereocenters. The number of aryl methyl sites for hydroxylation is 1. The van der Waals surface area contributed by atoms with Gasteiger partial charge in [-0.15, -0.1) is 11.3 Å². The van der Waals surface area contributed by atoms with Crippen LogP contribution >= 0.6 is 27.3 Å². The largest absolute Gasteiger partial charge is 0.487 e. The van der Waals surface area contributed by atoms with Crippen molar-refractivity contribution in [3.8, 4) is 11.8 Å². The molecule has 0 amide bonds. The van der Waals surface area contributed by atoms with E-state index in [9.17, 15) is 4.79 Å². The van der Waals surface area contributed by atoms with Crippen molar-refractivity contribution in [2.45, 2.75) is 13.5 Å². The van der Waals surface area contributed by atoms with Gasteiger partial charge < -0.3 is 9.84 Å². The van der Waals surface area contributed by atoms with Gasteiger partial charge in [0.05, 0.1) is 5.56 Å². The number of carboxylic acids is 1. The van der Waals surface area contributed by atoms with Crippen LogP contribution in [0.25, 0.3) is 0 Å². The highest BCUT2D eigenvalue weighted by atomic mass is 79.9. The molecule has 1 heterocycles. The minimum Gasteiger partial charge on any atom is -0.487 e. The second-order valence-electron chi connectivity index (χ2n) is 4.04. The molecule has 1 aromatic carbocycles. The molecule has 0 spiro atoms. The van der Waals surface area contributed by atoms with Crippen LogP contribution < -0.4 is 4.74 Å². The lowest BCUT2D eigenvalue weighted by Gasteiger charge is -2.07. The van der Waals surface area contributed by atoms with Crippen LogP contribution in [0.5, 0.6) is 5.75 Å². The molecular weight excluding hydrogens is 342 g/mol. The van der Waals surface area contributed by atoms with E-state index in [0.717, 1.165) is 14.9 Å². The van der Waals surface area contributed by atoms with E-state index >= 15 is 0 Å². The topological polar surface area (TPSA) is 70.3 Å². The third-order valence-electron chi connectivity index (χ3n) is 2.68. The van der Waals surface area contributed by atoms with Gasteiger partial charge in [-0.2, -0.15) is 5.26 Å². The molecule has 0 saturated heterocycles. The SMILES string of the molecule is Cc1sc(C(=O)O)cc1COc1ccc(Br)cc1C#N. The summed E-state index contributed by atoms with van der Waals surface area (Å²) in [5.74, 6) is -0.455. The molecule has 4 nitrogen and oxygen atoms in total. The van der Waals surface area contributed by atoms with E-state index in [1.165, 1.54) is 11.3 Å². The van der Waals surface area contributed by atoms with E-state index in [1.807, 2.05) is 6.92 Å². The van der Waals surface area contributed by atoms with E-state index in [-0.39, 0.29) is 11.5 Å². The zero-order valence-electron chi connectivity index (χ0n) is 10.5. The Morgan fingerprint density at radius 1 is 1.50 bits per heavy atom. The number of benzene rings is 1. The number of rotatable bonds is 4. The molecule has 0 aliphatic heterocycles. The zero-order chi connectivity index (χ0) is 14.7. The van der Waals surface area contributed by atoms with Crippen molar-refractivity contribution >= 4 is 33.2 Å². The molecule has 0 radical (unpaired) electrons. The first-order valence-corrected chi connectivity index (χ1v) is 7.27. The molecule has 0 aliphatic rings. The number of hydrogen-bond donors (Lipinski definition) is 1. The Hall–Kier alpha value is -1.84. The molecule has 2 aromatic rings. The van der Waals surface area contributed by atoms with Gasteiger partial charge in [0.15, 0.2) is 0 Å². The first-order valence-electron chi connectivity index (χ1n) is 5.66. The second-order valence-corrected chi connectivity index (χ2v) is 6.21. The third kappa shape index (κ3) is 3.18. The number of aromatic carboxylic acids is 1. The molecule has 0 saturated carbocycles. The van der Waals surface area contributed by atoms with Gasteiger partial charge in [-0.05, 0) is 31.2 Å². The van der Waals surface area contributed by atoms with Crippen molar-refractivity contribution in [1.29, 1.82) is 5.26 Å². The van der Waals surface area contributed by atoms with Crippen molar-refractivity contribution in [3.63, 3.8) is 0 Å². The number of carboxylic acid groups (broad SMARTS) is 1. The average Bonchev–Trinajstić information content (AvgIpc) is 2.79. The fraction of sp³-hybridized carbons (Fsp3) is 0.143. The Morgan fingerprint density at radius 3 is 2.85 bits per heavy atom. The third-order valence-corrected chi connectivity index (χ3v) is 4.25. The van der Waals surface area contributed by atoms with Crippen molar-refractivity contribution < 1.29 is 14.6 Å². The summed E-state index contributed by atoms with van der Waals surface area (Å²) in [6, 6.07) is 8.85. The predicted octanol–water partition coefficient (Wildman–Crippen LogP) is 3.97. The maximum Gasteiger partial charge on any atom is 0.345 e. The van der Waals surface area contributed by atoms with E-state index < -0.39 is 5.97 Å². The lowest BCUT2D eigenvalue weighted by atomic mass is 10.2. The zero-order valence-corrected chi connectivity index (χ0v) is 12.9. The van der Waals surface area contributed by atoms with Gasteiger partial charge in [-0.25, -0.2) is 4.79 Å². The molecule has 0 fully saturated rings. The highest BCUT2D eigenvalue weighted by Gasteiger charge is 2.12. The molecular formula is C14H10BrNO3S. The quantitative estimate of drug-likeness (QED) is 0.904. The smallest absolute Gasteiger partial charge is 0.345 e.